The summed E-state index contributed by atoms with van der Waals surface area (Å²) in [7, 11) is 0. The van der Waals surface area contributed by atoms with E-state index in [0.717, 1.165) is 11.3 Å². The van der Waals surface area contributed by atoms with Crippen molar-refractivity contribution in [3.05, 3.63) is 11.5 Å². The smallest absolute Gasteiger partial charge is 0.0108 e. The topological polar surface area (TPSA) is 0 Å². The zero-order valence-corrected chi connectivity index (χ0v) is 5.72. The minimum Gasteiger partial charge on any atom is -0.0853 e. The number of hydrogen-bond acceptors (Lipinski definition) is 0. The van der Waals surface area contributed by atoms with Crippen molar-refractivity contribution in [1.82, 2.24) is 0 Å². The lowest BCUT2D eigenvalue weighted by atomic mass is 10.1. The van der Waals surface area contributed by atoms with Crippen LogP contribution in [0.2, 0.25) is 0 Å². The molecule has 0 N–H and O–H groups in total. The van der Waals surface area contributed by atoms with E-state index in [1.807, 2.05) is 0 Å². The van der Waals surface area contributed by atoms with Gasteiger partial charge in [0.2, 0.25) is 0 Å². The molecule has 7 heavy (non-hydrogen) atoms. The summed E-state index contributed by atoms with van der Waals surface area (Å²) >= 11 is 4.81. The minimum atomic E-state index is 0.523. The van der Waals surface area contributed by atoms with Crippen LogP contribution < -0.4 is 0 Å². The summed E-state index contributed by atoms with van der Waals surface area (Å²) < 4.78 is 0. The summed E-state index contributed by atoms with van der Waals surface area (Å²) in [5.41, 5.74) is 0. The highest BCUT2D eigenvalue weighted by atomic mass is 32.1. The molecule has 0 fully saturated rings. The SMILES string of the molecule is C=C([S])C(C)CC. The molecule has 0 spiro atoms. The summed E-state index contributed by atoms with van der Waals surface area (Å²) in [6.07, 6.45) is 1.11. The zero-order valence-electron chi connectivity index (χ0n) is 4.90. The average molecular weight is 115 g/mol. The van der Waals surface area contributed by atoms with E-state index in [-0.39, 0.29) is 0 Å². The van der Waals surface area contributed by atoms with Crippen LogP contribution in [-0.4, -0.2) is 0 Å². The van der Waals surface area contributed by atoms with E-state index in [2.05, 4.69) is 20.4 Å². The van der Waals surface area contributed by atoms with Crippen molar-refractivity contribution in [2.75, 3.05) is 0 Å². The van der Waals surface area contributed by atoms with Crippen molar-refractivity contribution in [2.45, 2.75) is 20.3 Å². The number of hydrogen-bond donors (Lipinski definition) is 0. The summed E-state index contributed by atoms with van der Waals surface area (Å²) in [6, 6.07) is 0. The van der Waals surface area contributed by atoms with Crippen LogP contribution in [0.4, 0.5) is 0 Å². The van der Waals surface area contributed by atoms with Crippen LogP contribution in [0.25, 0.3) is 0 Å². The Labute approximate surface area is 51.0 Å². The summed E-state index contributed by atoms with van der Waals surface area (Å²) in [5.74, 6) is 0.523. The second-order valence-corrected chi connectivity index (χ2v) is 2.30. The molecule has 0 aliphatic rings. The molecule has 0 aromatic rings. The van der Waals surface area contributed by atoms with Crippen molar-refractivity contribution < 1.29 is 0 Å². The Kier molecular flexibility index (Phi) is 3.01. The first kappa shape index (κ1) is 6.96. The lowest BCUT2D eigenvalue weighted by Crippen LogP contribution is -1.87. The van der Waals surface area contributed by atoms with E-state index in [1.165, 1.54) is 0 Å². The van der Waals surface area contributed by atoms with Gasteiger partial charge in [0, 0.05) is 4.91 Å². The molecule has 0 aliphatic heterocycles. The molecule has 41 valence electrons. The van der Waals surface area contributed by atoms with Crippen molar-refractivity contribution in [3.63, 3.8) is 0 Å². The molecule has 1 unspecified atom stereocenters. The standard InChI is InChI=1S/C6H11S/c1-4-5(2)6(3)7/h5H,3-4H2,1-2H3. The van der Waals surface area contributed by atoms with E-state index in [1.54, 1.807) is 0 Å². The number of allylic oxidation sites excluding steroid dienone is 1. The molecule has 1 atom stereocenters. The minimum absolute atomic E-state index is 0.523. The summed E-state index contributed by atoms with van der Waals surface area (Å²) in [5, 5.41) is 0. The first-order valence-corrected chi connectivity index (χ1v) is 2.95. The van der Waals surface area contributed by atoms with Crippen LogP contribution in [0, 0.1) is 5.92 Å². The molecule has 1 heteroatoms. The van der Waals surface area contributed by atoms with Crippen molar-refractivity contribution in [1.29, 1.82) is 0 Å². The first-order chi connectivity index (χ1) is 3.18. The third-order valence-electron chi connectivity index (χ3n) is 1.16. The molecular weight excluding hydrogens is 104 g/mol. The molecule has 0 rings (SSSR count). The van der Waals surface area contributed by atoms with Crippen molar-refractivity contribution in [3.8, 4) is 0 Å². The normalized spacial score (nSPS) is 13.4. The Bertz CT molecular complexity index is 66.6. The molecule has 1 radical (unpaired) electrons. The molecule has 0 aromatic carbocycles. The van der Waals surface area contributed by atoms with Gasteiger partial charge in [-0.25, -0.2) is 0 Å². The molecule has 0 saturated heterocycles. The third-order valence-corrected chi connectivity index (χ3v) is 1.56. The zero-order chi connectivity index (χ0) is 5.86. The lowest BCUT2D eigenvalue weighted by molar-refractivity contribution is 0.690. The van der Waals surface area contributed by atoms with Gasteiger partial charge in [-0.15, -0.1) is 0 Å². The third kappa shape index (κ3) is 2.63. The predicted molar refractivity (Wildman–Crippen MR) is 36.2 cm³/mol. The van der Waals surface area contributed by atoms with Gasteiger partial charge in [0.05, 0.1) is 0 Å². The molecule has 0 aliphatic carbocycles. The largest absolute Gasteiger partial charge is 0.0853 e. The van der Waals surface area contributed by atoms with Crippen LogP contribution in [0.15, 0.2) is 11.5 Å². The number of rotatable bonds is 2. The van der Waals surface area contributed by atoms with Gasteiger partial charge in [-0.1, -0.05) is 33.1 Å². The molecule has 0 nitrogen and oxygen atoms in total. The highest BCUT2D eigenvalue weighted by molar-refractivity contribution is 7.84. The van der Waals surface area contributed by atoms with Crippen LogP contribution >= 0.6 is 12.6 Å². The Hall–Kier alpha value is -0.0400. The van der Waals surface area contributed by atoms with Crippen LogP contribution in [-0.2, 0) is 0 Å². The average Bonchev–Trinajstić information content (AvgIpc) is 1.65. The van der Waals surface area contributed by atoms with E-state index in [0.29, 0.717) is 5.92 Å². The monoisotopic (exact) mass is 115 g/mol. The Morgan fingerprint density at radius 1 is 1.86 bits per heavy atom. The second-order valence-electron chi connectivity index (χ2n) is 1.78. The maximum atomic E-state index is 4.81. The van der Waals surface area contributed by atoms with Gasteiger partial charge in [-0.05, 0) is 12.3 Å². The van der Waals surface area contributed by atoms with Gasteiger partial charge in [-0.3, -0.25) is 0 Å². The summed E-state index contributed by atoms with van der Waals surface area (Å²) in [4.78, 5) is 0.877. The fourth-order valence-electron chi connectivity index (χ4n) is 0.228. The molecular formula is C6H11S. The Morgan fingerprint density at radius 3 is 2.29 bits per heavy atom. The Morgan fingerprint density at radius 2 is 2.29 bits per heavy atom. The summed E-state index contributed by atoms with van der Waals surface area (Å²) in [6.45, 7) is 7.85. The van der Waals surface area contributed by atoms with E-state index in [9.17, 15) is 0 Å². The molecule has 0 saturated carbocycles. The van der Waals surface area contributed by atoms with Gasteiger partial charge in [-0.2, -0.15) is 0 Å². The Balaban J connectivity index is 3.34. The predicted octanol–water partition coefficient (Wildman–Crippen LogP) is 2.74. The molecule has 0 heterocycles. The van der Waals surface area contributed by atoms with Crippen molar-refractivity contribution >= 4 is 12.6 Å². The van der Waals surface area contributed by atoms with Crippen molar-refractivity contribution in [2.24, 2.45) is 5.92 Å². The van der Waals surface area contributed by atoms with E-state index >= 15 is 0 Å². The first-order valence-electron chi connectivity index (χ1n) is 2.54. The van der Waals surface area contributed by atoms with Crippen LogP contribution in [0.3, 0.4) is 0 Å². The van der Waals surface area contributed by atoms with Gasteiger partial charge in [0.1, 0.15) is 0 Å². The molecule has 0 bridgehead atoms. The van der Waals surface area contributed by atoms with Crippen LogP contribution in [0.5, 0.6) is 0 Å². The van der Waals surface area contributed by atoms with Crippen LogP contribution in [0.1, 0.15) is 20.3 Å². The maximum absolute atomic E-state index is 4.81. The van der Waals surface area contributed by atoms with Gasteiger partial charge >= 0.3 is 0 Å². The highest BCUT2D eigenvalue weighted by Gasteiger charge is 1.97. The van der Waals surface area contributed by atoms with Gasteiger partial charge in [0.25, 0.3) is 0 Å². The maximum Gasteiger partial charge on any atom is 0.0108 e. The fraction of sp³-hybridized carbons (Fsp3) is 0.667. The second kappa shape index (κ2) is 3.03. The van der Waals surface area contributed by atoms with E-state index in [4.69, 9.17) is 12.6 Å². The molecule has 0 aromatic heterocycles. The quantitative estimate of drug-likeness (QED) is 0.519. The molecule has 0 amide bonds. The van der Waals surface area contributed by atoms with E-state index < -0.39 is 0 Å². The van der Waals surface area contributed by atoms with Gasteiger partial charge in [0.15, 0.2) is 0 Å². The highest BCUT2D eigenvalue weighted by Crippen LogP contribution is 2.13. The lowest BCUT2D eigenvalue weighted by Gasteiger charge is -2.01. The van der Waals surface area contributed by atoms with Gasteiger partial charge < -0.3 is 0 Å². The fourth-order valence-corrected chi connectivity index (χ4v) is 0.394.